The second-order valence-electron chi connectivity index (χ2n) is 5.19. The number of rotatable bonds is 6. The Hall–Kier alpha value is -0.590. The van der Waals surface area contributed by atoms with Crippen LogP contribution < -0.4 is 0 Å². The van der Waals surface area contributed by atoms with E-state index in [1.165, 1.54) is 19.1 Å². The zero-order valence-electron chi connectivity index (χ0n) is 12.2. The van der Waals surface area contributed by atoms with Gasteiger partial charge in [0, 0.05) is 15.2 Å². The third kappa shape index (κ3) is 5.60. The Morgan fingerprint density at radius 2 is 2.00 bits per heavy atom. The van der Waals surface area contributed by atoms with Crippen molar-refractivity contribution in [2.45, 2.75) is 38.5 Å². The van der Waals surface area contributed by atoms with E-state index in [4.69, 9.17) is 15.4 Å². The molecule has 0 spiro atoms. The molecule has 1 aromatic rings. The van der Waals surface area contributed by atoms with E-state index in [0.29, 0.717) is 22.6 Å². The van der Waals surface area contributed by atoms with Crippen molar-refractivity contribution >= 4 is 41.6 Å². The number of esters is 1. The molecule has 0 saturated heterocycles. The predicted molar refractivity (Wildman–Crippen MR) is 86.3 cm³/mol. The smallest absolute Gasteiger partial charge is 0.338 e. The van der Waals surface area contributed by atoms with Gasteiger partial charge in [0.25, 0.3) is 9.05 Å². The second kappa shape index (κ2) is 7.61. The summed E-state index contributed by atoms with van der Waals surface area (Å²) in [4.78, 5) is 12.0. The van der Waals surface area contributed by atoms with Gasteiger partial charge in [0.05, 0.1) is 17.1 Å². The van der Waals surface area contributed by atoms with Crippen molar-refractivity contribution in [2.75, 3.05) is 6.61 Å². The highest BCUT2D eigenvalue weighted by Crippen LogP contribution is 2.27. The summed E-state index contributed by atoms with van der Waals surface area (Å²) in [7, 11) is 1.46. The molecule has 118 valence electrons. The van der Waals surface area contributed by atoms with E-state index < -0.39 is 15.0 Å². The molecule has 0 heterocycles. The van der Waals surface area contributed by atoms with Gasteiger partial charge < -0.3 is 4.74 Å². The van der Waals surface area contributed by atoms with Gasteiger partial charge in [-0.15, -0.1) is 0 Å². The standard InChI is InChI=1S/C14H18BrClO4S/c1-9(2)5-4-6-20-14(17)12-7-11(15)8-13(10(12)3)21(16,18)19/h7-9H,4-6H2,1-3H3. The van der Waals surface area contributed by atoms with Gasteiger partial charge >= 0.3 is 5.97 Å². The van der Waals surface area contributed by atoms with Crippen LogP contribution in [0.5, 0.6) is 0 Å². The van der Waals surface area contributed by atoms with Crippen LogP contribution in [0.2, 0.25) is 0 Å². The fraction of sp³-hybridized carbons (Fsp3) is 0.500. The summed E-state index contributed by atoms with van der Waals surface area (Å²) < 4.78 is 28.7. The highest BCUT2D eigenvalue weighted by Gasteiger charge is 2.21. The molecule has 0 radical (unpaired) electrons. The Balaban J connectivity index is 2.93. The van der Waals surface area contributed by atoms with Crippen LogP contribution in [0.25, 0.3) is 0 Å². The van der Waals surface area contributed by atoms with Crippen LogP contribution in [0.15, 0.2) is 21.5 Å². The number of carbonyl (C=O) groups excluding carboxylic acids is 1. The molecule has 1 aromatic carbocycles. The minimum Gasteiger partial charge on any atom is -0.462 e. The van der Waals surface area contributed by atoms with Crippen molar-refractivity contribution in [3.05, 3.63) is 27.7 Å². The molecule has 0 atom stereocenters. The van der Waals surface area contributed by atoms with Crippen LogP contribution in [0, 0.1) is 12.8 Å². The third-order valence-corrected chi connectivity index (χ3v) is 4.87. The molecule has 0 amide bonds. The molecule has 0 aliphatic carbocycles. The molecule has 0 N–H and O–H groups in total. The fourth-order valence-corrected chi connectivity index (χ4v) is 3.69. The summed E-state index contributed by atoms with van der Waals surface area (Å²) in [6.07, 6.45) is 1.74. The van der Waals surface area contributed by atoms with Crippen LogP contribution >= 0.6 is 26.6 Å². The molecule has 0 unspecified atom stereocenters. The van der Waals surface area contributed by atoms with Gasteiger partial charge in [-0.25, -0.2) is 13.2 Å². The minimum atomic E-state index is -3.91. The first-order valence-corrected chi connectivity index (χ1v) is 9.65. The molecule has 0 bridgehead atoms. The zero-order chi connectivity index (χ0) is 16.2. The Labute approximate surface area is 138 Å². The fourth-order valence-electron chi connectivity index (χ4n) is 1.85. The number of halogens is 2. The number of benzene rings is 1. The lowest BCUT2D eigenvalue weighted by Crippen LogP contribution is -2.11. The molecular weight excluding hydrogens is 380 g/mol. The zero-order valence-corrected chi connectivity index (χ0v) is 15.3. The summed E-state index contributed by atoms with van der Waals surface area (Å²) in [5.41, 5.74) is 0.496. The highest BCUT2D eigenvalue weighted by molar-refractivity contribution is 9.10. The van der Waals surface area contributed by atoms with Crippen molar-refractivity contribution in [2.24, 2.45) is 5.92 Å². The maximum atomic E-state index is 12.1. The molecule has 21 heavy (non-hydrogen) atoms. The lowest BCUT2D eigenvalue weighted by Gasteiger charge is -2.11. The normalized spacial score (nSPS) is 11.7. The van der Waals surface area contributed by atoms with Crippen LogP contribution in [0.1, 0.15) is 42.6 Å². The minimum absolute atomic E-state index is 0.0901. The summed E-state index contributed by atoms with van der Waals surface area (Å²) in [6, 6.07) is 2.90. The Morgan fingerprint density at radius 3 is 2.52 bits per heavy atom. The van der Waals surface area contributed by atoms with E-state index in [1.807, 2.05) is 0 Å². The third-order valence-electron chi connectivity index (χ3n) is 2.97. The average molecular weight is 398 g/mol. The molecule has 0 aliphatic rings. The molecule has 0 saturated carbocycles. The van der Waals surface area contributed by atoms with E-state index in [9.17, 15) is 13.2 Å². The SMILES string of the molecule is Cc1c(C(=O)OCCCC(C)C)cc(Br)cc1S(=O)(=O)Cl. The van der Waals surface area contributed by atoms with Gasteiger partial charge in [0.1, 0.15) is 0 Å². The monoisotopic (exact) mass is 396 g/mol. The van der Waals surface area contributed by atoms with Crippen LogP contribution in [-0.4, -0.2) is 21.0 Å². The van der Waals surface area contributed by atoms with Gasteiger partial charge in [-0.1, -0.05) is 29.8 Å². The summed E-state index contributed by atoms with van der Waals surface area (Å²) >= 11 is 3.18. The van der Waals surface area contributed by atoms with Crippen LogP contribution in [-0.2, 0) is 13.8 Å². The van der Waals surface area contributed by atoms with Gasteiger partial charge in [0.15, 0.2) is 0 Å². The van der Waals surface area contributed by atoms with E-state index >= 15 is 0 Å². The number of hydrogen-bond acceptors (Lipinski definition) is 4. The van der Waals surface area contributed by atoms with Crippen molar-refractivity contribution in [3.8, 4) is 0 Å². The van der Waals surface area contributed by atoms with Crippen molar-refractivity contribution in [3.63, 3.8) is 0 Å². The van der Waals surface area contributed by atoms with Gasteiger partial charge in [0.2, 0.25) is 0 Å². The lowest BCUT2D eigenvalue weighted by molar-refractivity contribution is 0.0493. The summed E-state index contributed by atoms with van der Waals surface area (Å²) in [5, 5.41) is 0. The number of ether oxygens (including phenoxy) is 1. The quantitative estimate of drug-likeness (QED) is 0.408. The first-order valence-electron chi connectivity index (χ1n) is 6.55. The first-order chi connectivity index (χ1) is 9.62. The largest absolute Gasteiger partial charge is 0.462 e. The highest BCUT2D eigenvalue weighted by atomic mass is 79.9. The number of carbonyl (C=O) groups is 1. The number of hydrogen-bond donors (Lipinski definition) is 0. The van der Waals surface area contributed by atoms with Gasteiger partial charge in [-0.05, 0) is 43.4 Å². The Morgan fingerprint density at radius 1 is 1.38 bits per heavy atom. The van der Waals surface area contributed by atoms with E-state index in [-0.39, 0.29) is 10.5 Å². The molecular formula is C14H18BrClO4S. The van der Waals surface area contributed by atoms with Crippen molar-refractivity contribution < 1.29 is 17.9 Å². The molecule has 4 nitrogen and oxygen atoms in total. The maximum absolute atomic E-state index is 12.1. The van der Waals surface area contributed by atoms with E-state index in [2.05, 4.69) is 29.8 Å². The van der Waals surface area contributed by atoms with Crippen molar-refractivity contribution in [1.29, 1.82) is 0 Å². The van der Waals surface area contributed by atoms with Crippen molar-refractivity contribution in [1.82, 2.24) is 0 Å². The molecule has 0 fully saturated rings. The molecule has 0 aromatic heterocycles. The topological polar surface area (TPSA) is 60.4 Å². The molecule has 1 rings (SSSR count). The predicted octanol–water partition coefficient (Wildman–Crippen LogP) is 4.28. The van der Waals surface area contributed by atoms with Gasteiger partial charge in [-0.2, -0.15) is 0 Å². The second-order valence-corrected chi connectivity index (χ2v) is 8.64. The summed E-state index contributed by atoms with van der Waals surface area (Å²) in [5.74, 6) is 0.00317. The molecule has 7 heteroatoms. The Bertz CT molecular complexity index is 626. The average Bonchev–Trinajstić information content (AvgIpc) is 2.35. The van der Waals surface area contributed by atoms with Gasteiger partial charge in [-0.3, -0.25) is 0 Å². The Kier molecular flexibility index (Phi) is 6.69. The summed E-state index contributed by atoms with van der Waals surface area (Å²) in [6.45, 7) is 6.04. The van der Waals surface area contributed by atoms with E-state index in [1.54, 1.807) is 0 Å². The van der Waals surface area contributed by atoms with Crippen LogP contribution in [0.3, 0.4) is 0 Å². The maximum Gasteiger partial charge on any atom is 0.338 e. The van der Waals surface area contributed by atoms with Crippen LogP contribution in [0.4, 0.5) is 0 Å². The van der Waals surface area contributed by atoms with E-state index in [0.717, 1.165) is 12.8 Å². The lowest BCUT2D eigenvalue weighted by atomic mass is 10.1. The first kappa shape index (κ1) is 18.5. The molecule has 0 aliphatic heterocycles.